The third-order valence-electron chi connectivity index (χ3n) is 2.55. The minimum atomic E-state index is -4.44. The molecule has 0 bridgehead atoms. The number of ether oxygens (including phenoxy) is 1. The Bertz CT molecular complexity index is 477. The molecule has 0 radical (unpaired) electrons. The van der Waals surface area contributed by atoms with Crippen LogP contribution < -0.4 is 5.32 Å². The minimum absolute atomic E-state index is 0.214. The van der Waals surface area contributed by atoms with Gasteiger partial charge >= 0.3 is 12.1 Å². The maximum Gasteiger partial charge on any atom is 0.416 e. The lowest BCUT2D eigenvalue weighted by Gasteiger charge is -2.18. The van der Waals surface area contributed by atoms with Crippen LogP contribution in [0.25, 0.3) is 0 Å². The number of hydrogen-bond acceptors (Lipinski definition) is 3. The second-order valence-corrected chi connectivity index (χ2v) is 5.00. The molecule has 112 valence electrons. The Morgan fingerprint density at radius 2 is 2.00 bits per heavy atom. The van der Waals surface area contributed by atoms with Gasteiger partial charge in [0.2, 0.25) is 0 Å². The molecule has 0 amide bonds. The zero-order chi connectivity index (χ0) is 15.3. The Morgan fingerprint density at radius 3 is 2.50 bits per heavy atom. The molecule has 1 N–H and O–H groups in total. The van der Waals surface area contributed by atoms with Crippen molar-refractivity contribution >= 4 is 27.6 Å². The zero-order valence-electron chi connectivity index (χ0n) is 11.1. The fourth-order valence-electron chi connectivity index (χ4n) is 1.61. The number of halogens is 4. The lowest BCUT2D eigenvalue weighted by molar-refractivity contribution is -0.144. The molecule has 1 aromatic carbocycles. The van der Waals surface area contributed by atoms with Crippen LogP contribution in [0.1, 0.15) is 25.8 Å². The molecule has 1 atom stereocenters. The summed E-state index contributed by atoms with van der Waals surface area (Å²) >= 11 is 3.03. The molecule has 0 spiro atoms. The average Bonchev–Trinajstić information content (AvgIpc) is 2.34. The normalized spacial score (nSPS) is 12.9. The lowest BCUT2D eigenvalue weighted by Crippen LogP contribution is -2.30. The summed E-state index contributed by atoms with van der Waals surface area (Å²) in [5.41, 5.74) is -0.570. The Morgan fingerprint density at radius 1 is 1.35 bits per heavy atom. The molecular weight excluding hydrogens is 339 g/mol. The molecule has 3 nitrogen and oxygen atoms in total. The Hall–Kier alpha value is -1.24. The van der Waals surface area contributed by atoms with Crippen LogP contribution in [0.5, 0.6) is 0 Å². The van der Waals surface area contributed by atoms with E-state index in [1.54, 1.807) is 13.8 Å². The van der Waals surface area contributed by atoms with Crippen molar-refractivity contribution < 1.29 is 22.7 Å². The van der Waals surface area contributed by atoms with Crippen LogP contribution in [0.15, 0.2) is 22.7 Å². The molecule has 20 heavy (non-hydrogen) atoms. The fourth-order valence-corrected chi connectivity index (χ4v) is 2.10. The molecule has 0 saturated carbocycles. The summed E-state index contributed by atoms with van der Waals surface area (Å²) in [6.07, 6.45) is -4.03. The molecule has 0 aliphatic carbocycles. The monoisotopic (exact) mass is 353 g/mol. The van der Waals surface area contributed by atoms with E-state index in [0.717, 1.165) is 12.1 Å². The van der Waals surface area contributed by atoms with E-state index in [1.807, 2.05) is 0 Å². The molecule has 1 aromatic rings. The standard InChI is InChI=1S/C13H15BrF3NO2/c1-3-11(12(19)20-4-2)18-10-6-8(13(15,16)17)5-9(14)7-10/h5-7,11,18H,3-4H2,1-2H3. The van der Waals surface area contributed by atoms with Crippen molar-refractivity contribution in [3.8, 4) is 0 Å². The van der Waals surface area contributed by atoms with Crippen LogP contribution in [0, 0.1) is 0 Å². The van der Waals surface area contributed by atoms with Crippen molar-refractivity contribution in [2.45, 2.75) is 32.5 Å². The highest BCUT2D eigenvalue weighted by atomic mass is 79.9. The van der Waals surface area contributed by atoms with Gasteiger partial charge < -0.3 is 10.1 Å². The number of alkyl halides is 3. The number of benzene rings is 1. The van der Waals surface area contributed by atoms with E-state index >= 15 is 0 Å². The third kappa shape index (κ3) is 4.70. The number of hydrogen-bond donors (Lipinski definition) is 1. The van der Waals surface area contributed by atoms with Gasteiger partial charge in [-0.3, -0.25) is 0 Å². The Kier molecular flexibility index (Phi) is 5.86. The van der Waals surface area contributed by atoms with Gasteiger partial charge in [-0.25, -0.2) is 4.79 Å². The maximum atomic E-state index is 12.7. The van der Waals surface area contributed by atoms with Crippen LogP contribution in [0.4, 0.5) is 18.9 Å². The first-order chi connectivity index (χ1) is 9.27. The van der Waals surface area contributed by atoms with Crippen molar-refractivity contribution in [2.75, 3.05) is 11.9 Å². The summed E-state index contributed by atoms with van der Waals surface area (Å²) in [6, 6.07) is 2.76. The maximum absolute atomic E-state index is 12.7. The Labute approximate surface area is 123 Å². The summed E-state index contributed by atoms with van der Waals surface area (Å²) in [7, 11) is 0. The molecule has 7 heteroatoms. The second kappa shape index (κ2) is 6.97. The van der Waals surface area contributed by atoms with Crippen LogP contribution in [-0.4, -0.2) is 18.6 Å². The highest BCUT2D eigenvalue weighted by Crippen LogP contribution is 2.33. The molecule has 0 fully saturated rings. The summed E-state index contributed by atoms with van der Waals surface area (Å²) in [6.45, 7) is 3.64. The highest BCUT2D eigenvalue weighted by molar-refractivity contribution is 9.10. The molecule has 1 unspecified atom stereocenters. The van der Waals surface area contributed by atoms with Crippen LogP contribution in [0.3, 0.4) is 0 Å². The SMILES string of the molecule is CCOC(=O)C(CC)Nc1cc(Br)cc(C(F)(F)F)c1. The van der Waals surface area contributed by atoms with E-state index in [4.69, 9.17) is 4.74 Å². The van der Waals surface area contributed by atoms with Gasteiger partial charge in [-0.1, -0.05) is 22.9 Å². The molecule has 0 aliphatic rings. The summed E-state index contributed by atoms with van der Waals surface area (Å²) in [5.74, 6) is -0.483. The third-order valence-corrected chi connectivity index (χ3v) is 3.00. The highest BCUT2D eigenvalue weighted by Gasteiger charge is 2.31. The van der Waals surface area contributed by atoms with Crippen molar-refractivity contribution in [1.29, 1.82) is 0 Å². The van der Waals surface area contributed by atoms with Crippen molar-refractivity contribution in [1.82, 2.24) is 0 Å². The molecule has 0 aromatic heterocycles. The van der Waals surface area contributed by atoms with E-state index in [9.17, 15) is 18.0 Å². The van der Waals surface area contributed by atoms with E-state index in [-0.39, 0.29) is 16.8 Å². The number of anilines is 1. The molecule has 0 aliphatic heterocycles. The second-order valence-electron chi connectivity index (χ2n) is 4.08. The topological polar surface area (TPSA) is 38.3 Å². The smallest absolute Gasteiger partial charge is 0.416 e. The first-order valence-electron chi connectivity index (χ1n) is 6.08. The molecular formula is C13H15BrF3NO2. The van der Waals surface area contributed by atoms with Gasteiger partial charge in [-0.05, 0) is 31.5 Å². The lowest BCUT2D eigenvalue weighted by atomic mass is 10.1. The number of carbonyl (C=O) groups excluding carboxylic acids is 1. The van der Waals surface area contributed by atoms with Gasteiger partial charge in [0.25, 0.3) is 0 Å². The first-order valence-corrected chi connectivity index (χ1v) is 6.88. The largest absolute Gasteiger partial charge is 0.464 e. The van der Waals surface area contributed by atoms with Gasteiger partial charge in [-0.2, -0.15) is 13.2 Å². The van der Waals surface area contributed by atoms with Crippen molar-refractivity contribution in [3.05, 3.63) is 28.2 Å². The van der Waals surface area contributed by atoms with Gasteiger partial charge in [0.05, 0.1) is 12.2 Å². The Balaban J connectivity index is 2.96. The summed E-state index contributed by atoms with van der Waals surface area (Å²) < 4.78 is 43.3. The number of esters is 1. The van der Waals surface area contributed by atoms with Gasteiger partial charge in [0.1, 0.15) is 6.04 Å². The predicted octanol–water partition coefficient (Wildman–Crippen LogP) is 4.22. The summed E-state index contributed by atoms with van der Waals surface area (Å²) in [4.78, 5) is 11.6. The number of carbonyl (C=O) groups is 1. The van der Waals surface area contributed by atoms with Crippen molar-refractivity contribution in [3.63, 3.8) is 0 Å². The van der Waals surface area contributed by atoms with Gasteiger partial charge in [0, 0.05) is 10.2 Å². The fraction of sp³-hybridized carbons (Fsp3) is 0.462. The van der Waals surface area contributed by atoms with E-state index < -0.39 is 23.8 Å². The van der Waals surface area contributed by atoms with E-state index in [1.165, 1.54) is 6.07 Å². The quantitative estimate of drug-likeness (QED) is 0.805. The van der Waals surface area contributed by atoms with Crippen LogP contribution >= 0.6 is 15.9 Å². The van der Waals surface area contributed by atoms with E-state index in [0.29, 0.717) is 6.42 Å². The zero-order valence-corrected chi connectivity index (χ0v) is 12.6. The molecule has 0 heterocycles. The predicted molar refractivity (Wildman–Crippen MR) is 73.5 cm³/mol. The minimum Gasteiger partial charge on any atom is -0.464 e. The number of rotatable bonds is 5. The van der Waals surface area contributed by atoms with Crippen LogP contribution in [-0.2, 0) is 15.7 Å². The number of nitrogens with one attached hydrogen (secondary N) is 1. The molecule has 1 rings (SSSR count). The van der Waals surface area contributed by atoms with E-state index in [2.05, 4.69) is 21.2 Å². The summed E-state index contributed by atoms with van der Waals surface area (Å²) in [5, 5.41) is 2.76. The van der Waals surface area contributed by atoms with Crippen LogP contribution in [0.2, 0.25) is 0 Å². The van der Waals surface area contributed by atoms with Gasteiger partial charge in [-0.15, -0.1) is 0 Å². The first kappa shape index (κ1) is 16.8. The van der Waals surface area contributed by atoms with Crippen molar-refractivity contribution in [2.24, 2.45) is 0 Å². The average molecular weight is 354 g/mol. The molecule has 0 saturated heterocycles. The van der Waals surface area contributed by atoms with Gasteiger partial charge in [0.15, 0.2) is 0 Å².